The van der Waals surface area contributed by atoms with Gasteiger partial charge in [0.1, 0.15) is 6.61 Å². The van der Waals surface area contributed by atoms with Crippen molar-refractivity contribution in [2.75, 3.05) is 20.2 Å². The molecule has 1 aromatic heterocycles. The number of fused-ring (bicyclic) bond motifs is 1. The maximum atomic E-state index is 5.41. The molecule has 0 fully saturated rings. The Labute approximate surface area is 101 Å². The molecular weight excluding hydrogens is 228 g/mol. The minimum absolute atomic E-state index is 0. The van der Waals surface area contributed by atoms with Gasteiger partial charge in [-0.15, -0.1) is 22.4 Å². The topological polar surface area (TPSA) is 51.1 Å². The highest BCUT2D eigenvalue weighted by Crippen LogP contribution is 2.20. The van der Waals surface area contributed by atoms with Crippen LogP contribution in [0.2, 0.25) is 0 Å². The van der Waals surface area contributed by atoms with Crippen LogP contribution in [0.1, 0.15) is 17.3 Å². The van der Waals surface area contributed by atoms with E-state index in [1.54, 1.807) is 10.9 Å². The van der Waals surface area contributed by atoms with Gasteiger partial charge >= 0.3 is 0 Å². The molecule has 1 aliphatic rings. The predicted molar refractivity (Wildman–Crippen MR) is 64.6 cm³/mol. The van der Waals surface area contributed by atoms with Gasteiger partial charge < -0.3 is 15.5 Å². The van der Waals surface area contributed by atoms with E-state index < -0.39 is 0 Å². The molecule has 2 N–H and O–H groups in total. The van der Waals surface area contributed by atoms with Crippen LogP contribution < -0.4 is 15.5 Å². The summed E-state index contributed by atoms with van der Waals surface area (Å²) >= 11 is 0. The molecule has 0 saturated heterocycles. The third kappa shape index (κ3) is 2.37. The summed E-state index contributed by atoms with van der Waals surface area (Å²) in [5, 5.41) is 10.8. The van der Waals surface area contributed by atoms with Gasteiger partial charge in [0.05, 0.1) is 11.9 Å². The summed E-state index contributed by atoms with van der Waals surface area (Å²) in [7, 11) is 1.95. The van der Waals surface area contributed by atoms with Crippen LogP contribution in [-0.2, 0) is 6.54 Å². The van der Waals surface area contributed by atoms with E-state index >= 15 is 0 Å². The molecule has 0 saturated carbocycles. The van der Waals surface area contributed by atoms with Gasteiger partial charge in [-0.1, -0.05) is 12.7 Å². The lowest BCUT2D eigenvalue weighted by molar-refractivity contribution is 0.0954. The Morgan fingerprint density at radius 1 is 1.81 bits per heavy atom. The van der Waals surface area contributed by atoms with Crippen molar-refractivity contribution < 1.29 is 4.84 Å². The molecule has 0 amide bonds. The zero-order valence-corrected chi connectivity index (χ0v) is 10.1. The molecule has 6 heteroatoms. The number of likely N-dealkylation sites (N-methyl/N-ethyl adjacent to an activating group) is 1. The van der Waals surface area contributed by atoms with Gasteiger partial charge in [-0.3, -0.25) is 0 Å². The van der Waals surface area contributed by atoms with Crippen LogP contribution in [0, 0.1) is 0 Å². The molecule has 1 aliphatic heterocycles. The van der Waals surface area contributed by atoms with Crippen molar-refractivity contribution in [3.05, 3.63) is 30.1 Å². The van der Waals surface area contributed by atoms with E-state index in [9.17, 15) is 0 Å². The number of nitrogens with zero attached hydrogens (tertiary/aromatic N) is 2. The predicted octanol–water partition coefficient (Wildman–Crippen LogP) is 0.283. The van der Waals surface area contributed by atoms with E-state index in [0.29, 0.717) is 12.6 Å². The molecule has 0 spiro atoms. The smallest absolute Gasteiger partial charge is 0.135 e. The van der Waals surface area contributed by atoms with Gasteiger partial charge in [0, 0.05) is 24.7 Å². The van der Waals surface area contributed by atoms with Gasteiger partial charge in [0.25, 0.3) is 0 Å². The maximum Gasteiger partial charge on any atom is 0.135 e. The summed E-state index contributed by atoms with van der Waals surface area (Å²) in [6.45, 7) is 5.80. The lowest BCUT2D eigenvalue weighted by atomic mass is 10.0. The molecular formula is C10H17ClN4O. The minimum Gasteiger partial charge on any atom is -0.392 e. The van der Waals surface area contributed by atoms with Crippen LogP contribution in [0.15, 0.2) is 18.9 Å². The highest BCUT2D eigenvalue weighted by molar-refractivity contribution is 5.85. The van der Waals surface area contributed by atoms with Crippen LogP contribution >= 0.6 is 12.4 Å². The van der Waals surface area contributed by atoms with E-state index in [4.69, 9.17) is 4.84 Å². The monoisotopic (exact) mass is 244 g/mol. The van der Waals surface area contributed by atoms with Crippen molar-refractivity contribution in [1.29, 1.82) is 0 Å². The molecule has 1 unspecified atom stereocenters. The van der Waals surface area contributed by atoms with E-state index in [-0.39, 0.29) is 12.4 Å². The van der Waals surface area contributed by atoms with E-state index in [0.717, 1.165) is 18.8 Å². The van der Waals surface area contributed by atoms with E-state index in [2.05, 4.69) is 22.3 Å². The first-order valence-electron chi connectivity index (χ1n) is 5.05. The van der Waals surface area contributed by atoms with Crippen molar-refractivity contribution in [3.8, 4) is 0 Å². The molecule has 0 aromatic carbocycles. The number of hydrogen-bond donors (Lipinski definition) is 2. The van der Waals surface area contributed by atoms with Crippen molar-refractivity contribution in [2.24, 2.45) is 0 Å². The van der Waals surface area contributed by atoms with Gasteiger partial charge in [-0.2, -0.15) is 0 Å². The SMILES string of the molecule is C=CCOn1ncc2c1CNCC2NC.Cl. The molecule has 16 heavy (non-hydrogen) atoms. The van der Waals surface area contributed by atoms with Crippen LogP contribution in [0.4, 0.5) is 0 Å². The first-order valence-corrected chi connectivity index (χ1v) is 5.05. The Morgan fingerprint density at radius 2 is 2.62 bits per heavy atom. The standard InChI is InChI=1S/C10H16N4O.ClH/c1-3-4-15-14-10-7-12-6-9(11-2)8(10)5-13-14;/h3,5,9,11-12H,1,4,6-7H2,2H3;1H. The summed E-state index contributed by atoms with van der Waals surface area (Å²) < 4.78 is 0. The number of aromatic nitrogens is 2. The first-order chi connectivity index (χ1) is 7.36. The Balaban J connectivity index is 0.00000128. The fourth-order valence-electron chi connectivity index (χ4n) is 1.77. The molecule has 0 radical (unpaired) electrons. The number of halogens is 1. The van der Waals surface area contributed by atoms with E-state index in [1.807, 2.05) is 13.2 Å². The van der Waals surface area contributed by atoms with Gasteiger partial charge in [-0.05, 0) is 7.05 Å². The average Bonchev–Trinajstić information content (AvgIpc) is 2.69. The summed E-state index contributed by atoms with van der Waals surface area (Å²) in [5.74, 6) is 0. The zero-order chi connectivity index (χ0) is 10.7. The molecule has 0 bridgehead atoms. The third-order valence-corrected chi connectivity index (χ3v) is 2.55. The van der Waals surface area contributed by atoms with Gasteiger partial charge in [0.2, 0.25) is 0 Å². The van der Waals surface area contributed by atoms with Crippen LogP contribution in [-0.4, -0.2) is 30.1 Å². The van der Waals surface area contributed by atoms with Crippen molar-refractivity contribution in [3.63, 3.8) is 0 Å². The van der Waals surface area contributed by atoms with Crippen molar-refractivity contribution in [2.45, 2.75) is 12.6 Å². The van der Waals surface area contributed by atoms with Gasteiger partial charge in [-0.25, -0.2) is 0 Å². The second-order valence-corrected chi connectivity index (χ2v) is 3.48. The second kappa shape index (κ2) is 5.89. The highest BCUT2D eigenvalue weighted by Gasteiger charge is 2.23. The fraction of sp³-hybridized carbons (Fsp3) is 0.500. The molecule has 1 atom stereocenters. The minimum atomic E-state index is 0. The van der Waals surface area contributed by atoms with Crippen molar-refractivity contribution >= 4 is 12.4 Å². The molecule has 2 heterocycles. The quantitative estimate of drug-likeness (QED) is 0.748. The maximum absolute atomic E-state index is 5.41. The second-order valence-electron chi connectivity index (χ2n) is 3.48. The number of nitrogens with one attached hydrogen (secondary N) is 2. The fourth-order valence-corrected chi connectivity index (χ4v) is 1.77. The van der Waals surface area contributed by atoms with Crippen molar-refractivity contribution in [1.82, 2.24) is 20.6 Å². The van der Waals surface area contributed by atoms with E-state index in [1.165, 1.54) is 5.56 Å². The molecule has 1 aromatic rings. The summed E-state index contributed by atoms with van der Waals surface area (Å²) in [6.07, 6.45) is 3.57. The normalized spacial score (nSPS) is 18.4. The number of rotatable bonds is 4. The van der Waals surface area contributed by atoms with Crippen LogP contribution in [0.5, 0.6) is 0 Å². The van der Waals surface area contributed by atoms with Crippen LogP contribution in [0.3, 0.4) is 0 Å². The Kier molecular flexibility index (Phi) is 4.79. The average molecular weight is 245 g/mol. The molecule has 2 rings (SSSR count). The third-order valence-electron chi connectivity index (χ3n) is 2.55. The lowest BCUT2D eigenvalue weighted by Crippen LogP contribution is -2.36. The molecule has 90 valence electrons. The Bertz CT molecular complexity index is 353. The Hall–Kier alpha value is -1.04. The first kappa shape index (κ1) is 13.0. The molecule has 5 nitrogen and oxygen atoms in total. The van der Waals surface area contributed by atoms with Gasteiger partial charge in [0.15, 0.2) is 0 Å². The Morgan fingerprint density at radius 3 is 3.31 bits per heavy atom. The summed E-state index contributed by atoms with van der Waals surface area (Å²) in [5.41, 5.74) is 2.29. The number of hydrogen-bond acceptors (Lipinski definition) is 4. The lowest BCUT2D eigenvalue weighted by Gasteiger charge is -2.23. The highest BCUT2D eigenvalue weighted by atomic mass is 35.5. The molecule has 0 aliphatic carbocycles. The largest absolute Gasteiger partial charge is 0.392 e. The van der Waals surface area contributed by atoms with Crippen LogP contribution in [0.25, 0.3) is 0 Å². The summed E-state index contributed by atoms with van der Waals surface area (Å²) in [4.78, 5) is 6.98. The summed E-state index contributed by atoms with van der Waals surface area (Å²) in [6, 6.07) is 0.315. The zero-order valence-electron chi connectivity index (χ0n) is 9.27.